The van der Waals surface area contributed by atoms with Gasteiger partial charge in [0.1, 0.15) is 11.9 Å². The second-order valence-corrected chi connectivity index (χ2v) is 9.45. The van der Waals surface area contributed by atoms with Crippen LogP contribution >= 0.6 is 0 Å². The number of aromatic nitrogens is 7. The van der Waals surface area contributed by atoms with Crippen LogP contribution in [0.25, 0.3) is 55.8 Å². The molecule has 182 valence electrons. The van der Waals surface area contributed by atoms with E-state index in [1.165, 1.54) is 6.42 Å². The lowest BCUT2D eigenvalue weighted by atomic mass is 9.84. The average Bonchev–Trinajstić information content (AvgIpc) is 3.52. The highest BCUT2D eigenvalue weighted by atomic mass is 16.3. The van der Waals surface area contributed by atoms with Crippen LogP contribution in [0.5, 0.6) is 0 Å². The maximum Gasteiger partial charge on any atom is 0.178 e. The highest BCUT2D eigenvalue weighted by Gasteiger charge is 2.25. The largest absolute Gasteiger partial charge is 0.374 e. The Morgan fingerprint density at radius 2 is 1.81 bits per heavy atom. The van der Waals surface area contributed by atoms with Crippen molar-refractivity contribution in [2.75, 3.05) is 5.32 Å². The Kier molecular flexibility index (Phi) is 5.14. The van der Waals surface area contributed by atoms with Gasteiger partial charge < -0.3 is 15.4 Å². The van der Waals surface area contributed by atoms with E-state index in [-0.39, 0.29) is 0 Å². The number of aliphatic hydroxyl groups excluding tert-OH is 1. The fourth-order valence-electron chi connectivity index (χ4n) is 4.89. The molecular formula is C28H24N8O. The van der Waals surface area contributed by atoms with E-state index in [1.54, 1.807) is 24.8 Å². The summed E-state index contributed by atoms with van der Waals surface area (Å²) in [5, 5.41) is 22.3. The predicted octanol–water partition coefficient (Wildman–Crippen LogP) is 5.16. The second-order valence-electron chi connectivity index (χ2n) is 9.45. The molecule has 1 saturated carbocycles. The molecule has 5 heterocycles. The van der Waals surface area contributed by atoms with E-state index >= 15 is 0 Å². The first-order chi connectivity index (χ1) is 18.2. The van der Waals surface area contributed by atoms with Gasteiger partial charge in [-0.25, -0.2) is 9.97 Å². The molecule has 1 fully saturated rings. The summed E-state index contributed by atoms with van der Waals surface area (Å²) in [6.45, 7) is 0. The fourth-order valence-corrected chi connectivity index (χ4v) is 4.89. The predicted molar refractivity (Wildman–Crippen MR) is 142 cm³/mol. The van der Waals surface area contributed by atoms with Gasteiger partial charge in [-0.1, -0.05) is 12.5 Å². The highest BCUT2D eigenvalue weighted by Crippen LogP contribution is 2.34. The summed E-state index contributed by atoms with van der Waals surface area (Å²) >= 11 is 0. The third-order valence-corrected chi connectivity index (χ3v) is 7.15. The molecule has 1 aromatic carbocycles. The summed E-state index contributed by atoms with van der Waals surface area (Å²) in [6.07, 6.45) is 11.6. The van der Waals surface area contributed by atoms with Gasteiger partial charge in [0.15, 0.2) is 11.5 Å². The molecule has 9 nitrogen and oxygen atoms in total. The molecule has 1 aliphatic rings. The van der Waals surface area contributed by atoms with E-state index in [1.807, 2.05) is 42.6 Å². The third-order valence-electron chi connectivity index (χ3n) is 7.15. The summed E-state index contributed by atoms with van der Waals surface area (Å²) in [5.74, 6) is 0.954. The Labute approximate surface area is 212 Å². The number of nitrogens with zero attached hydrogens (tertiary/aromatic N) is 5. The number of aliphatic hydroxyl groups is 1. The number of aromatic amines is 2. The van der Waals surface area contributed by atoms with E-state index in [0.717, 1.165) is 62.9 Å². The van der Waals surface area contributed by atoms with Gasteiger partial charge in [-0.2, -0.15) is 5.10 Å². The van der Waals surface area contributed by atoms with Crippen molar-refractivity contribution in [3.8, 4) is 33.8 Å². The van der Waals surface area contributed by atoms with Gasteiger partial charge in [0, 0.05) is 47.2 Å². The van der Waals surface area contributed by atoms with Crippen molar-refractivity contribution in [1.29, 1.82) is 0 Å². The molecule has 1 atom stereocenters. The van der Waals surface area contributed by atoms with Crippen LogP contribution in [0.4, 0.5) is 5.69 Å². The minimum absolute atomic E-state index is 0.311. The molecule has 37 heavy (non-hydrogen) atoms. The molecule has 0 aliphatic heterocycles. The number of H-pyrrole nitrogens is 2. The molecule has 0 radical (unpaired) electrons. The topological polar surface area (TPSA) is 128 Å². The molecule has 1 unspecified atom stereocenters. The first-order valence-electron chi connectivity index (χ1n) is 12.4. The summed E-state index contributed by atoms with van der Waals surface area (Å²) in [5.41, 5.74) is 7.90. The summed E-state index contributed by atoms with van der Waals surface area (Å²) in [6, 6.07) is 14.0. The zero-order valence-electron chi connectivity index (χ0n) is 19.9. The molecule has 6 aromatic rings. The minimum Gasteiger partial charge on any atom is -0.374 e. The van der Waals surface area contributed by atoms with E-state index in [9.17, 15) is 5.11 Å². The van der Waals surface area contributed by atoms with E-state index in [0.29, 0.717) is 17.4 Å². The lowest BCUT2D eigenvalue weighted by Gasteiger charge is -2.31. The van der Waals surface area contributed by atoms with Gasteiger partial charge >= 0.3 is 0 Å². The number of nitrogens with one attached hydrogen (secondary N) is 3. The first-order valence-corrected chi connectivity index (χ1v) is 12.4. The molecule has 5 aromatic heterocycles. The maximum absolute atomic E-state index is 10.4. The standard InChI is InChI=1S/C28H24N8O/c37-28(17-2-1-3-17)32-20-12-19(14-30-15-20)18-4-5-23-22(13-18)25(36-35-23)27-33-24-21(8-11-31-26(24)34-27)16-6-9-29-10-7-16/h4-15,17,28,32,37H,1-3H2,(H,35,36)(H,31,33,34). The SMILES string of the molecule is OC(Nc1cncc(-c2ccc3[nH]nc(-c4nc5nccc(-c6ccncc6)c5[nH]4)c3c2)c1)C1CCC1. The van der Waals surface area contributed by atoms with Crippen LogP contribution in [0.1, 0.15) is 19.3 Å². The number of rotatable bonds is 6. The van der Waals surface area contributed by atoms with Crippen LogP contribution in [-0.2, 0) is 0 Å². The molecule has 9 heteroatoms. The van der Waals surface area contributed by atoms with Gasteiger partial charge in [0.2, 0.25) is 0 Å². The van der Waals surface area contributed by atoms with Crippen molar-refractivity contribution in [3.05, 3.63) is 73.4 Å². The number of imidazole rings is 1. The molecular weight excluding hydrogens is 464 g/mol. The number of hydrogen-bond acceptors (Lipinski definition) is 7. The van der Waals surface area contributed by atoms with Crippen LogP contribution in [0.2, 0.25) is 0 Å². The monoisotopic (exact) mass is 488 g/mol. The summed E-state index contributed by atoms with van der Waals surface area (Å²) in [4.78, 5) is 21.2. The zero-order chi connectivity index (χ0) is 24.8. The number of hydrogen-bond donors (Lipinski definition) is 4. The van der Waals surface area contributed by atoms with Crippen LogP contribution < -0.4 is 5.32 Å². The zero-order valence-corrected chi connectivity index (χ0v) is 19.9. The van der Waals surface area contributed by atoms with Gasteiger partial charge in [-0.3, -0.25) is 15.1 Å². The smallest absolute Gasteiger partial charge is 0.178 e. The van der Waals surface area contributed by atoms with Crippen molar-refractivity contribution < 1.29 is 5.11 Å². The Bertz CT molecular complexity index is 1720. The minimum atomic E-state index is -0.549. The molecule has 0 spiro atoms. The molecule has 4 N–H and O–H groups in total. The van der Waals surface area contributed by atoms with Gasteiger partial charge in [0.05, 0.1) is 22.9 Å². The highest BCUT2D eigenvalue weighted by molar-refractivity contribution is 5.97. The second kappa shape index (κ2) is 8.79. The van der Waals surface area contributed by atoms with E-state index in [2.05, 4.69) is 41.5 Å². The normalized spacial score (nSPS) is 14.6. The summed E-state index contributed by atoms with van der Waals surface area (Å²) < 4.78 is 0. The van der Waals surface area contributed by atoms with Crippen molar-refractivity contribution in [2.24, 2.45) is 5.92 Å². The fraction of sp³-hybridized carbons (Fsp3) is 0.179. The Balaban J connectivity index is 1.26. The molecule has 1 aliphatic carbocycles. The van der Waals surface area contributed by atoms with Crippen molar-refractivity contribution in [1.82, 2.24) is 35.1 Å². The molecule has 0 saturated heterocycles. The van der Waals surface area contributed by atoms with E-state index in [4.69, 9.17) is 4.98 Å². The van der Waals surface area contributed by atoms with Gasteiger partial charge in [-0.15, -0.1) is 0 Å². The van der Waals surface area contributed by atoms with Crippen LogP contribution in [0, 0.1) is 5.92 Å². The van der Waals surface area contributed by atoms with Crippen LogP contribution in [0.15, 0.2) is 73.4 Å². The van der Waals surface area contributed by atoms with E-state index < -0.39 is 6.23 Å². The Morgan fingerprint density at radius 1 is 0.919 bits per heavy atom. The van der Waals surface area contributed by atoms with Crippen LogP contribution in [-0.4, -0.2) is 46.5 Å². The molecule has 0 amide bonds. The Morgan fingerprint density at radius 3 is 2.65 bits per heavy atom. The number of benzene rings is 1. The van der Waals surface area contributed by atoms with Crippen LogP contribution in [0.3, 0.4) is 0 Å². The number of anilines is 1. The van der Waals surface area contributed by atoms with Gasteiger partial charge in [-0.05, 0) is 60.4 Å². The van der Waals surface area contributed by atoms with Crippen molar-refractivity contribution in [3.63, 3.8) is 0 Å². The molecule has 0 bridgehead atoms. The lowest BCUT2D eigenvalue weighted by Crippen LogP contribution is -2.33. The third kappa shape index (κ3) is 3.89. The van der Waals surface area contributed by atoms with Gasteiger partial charge in [0.25, 0.3) is 0 Å². The number of fused-ring (bicyclic) bond motifs is 2. The maximum atomic E-state index is 10.4. The molecule has 7 rings (SSSR count). The lowest BCUT2D eigenvalue weighted by molar-refractivity contribution is 0.0851. The number of pyridine rings is 3. The van der Waals surface area contributed by atoms with Crippen molar-refractivity contribution in [2.45, 2.75) is 25.5 Å². The average molecular weight is 489 g/mol. The Hall–Kier alpha value is -4.63. The summed E-state index contributed by atoms with van der Waals surface area (Å²) in [7, 11) is 0. The van der Waals surface area contributed by atoms with Crippen molar-refractivity contribution >= 4 is 27.8 Å². The first kappa shape index (κ1) is 21.6. The quantitative estimate of drug-likeness (QED) is 0.239.